The summed E-state index contributed by atoms with van der Waals surface area (Å²) in [5.74, 6) is -0.307. The molecule has 0 saturated carbocycles. The number of nitro benzene ring substituents is 1. The van der Waals surface area contributed by atoms with Gasteiger partial charge >= 0.3 is 5.97 Å². The summed E-state index contributed by atoms with van der Waals surface area (Å²) in [5.41, 5.74) is 0.131. The molecule has 0 atom stereocenters. The van der Waals surface area contributed by atoms with Gasteiger partial charge in [-0.15, -0.1) is 11.8 Å². The number of ether oxygens (including phenoxy) is 1. The third kappa shape index (κ3) is 6.41. The molecule has 0 saturated heterocycles. The molecule has 0 spiro atoms. The van der Waals surface area contributed by atoms with Crippen LogP contribution in [0.2, 0.25) is 0 Å². The van der Waals surface area contributed by atoms with E-state index in [2.05, 4.69) is 5.32 Å². The molecule has 2 aromatic carbocycles. The normalized spacial score (nSPS) is 10.3. The Morgan fingerprint density at radius 3 is 2.59 bits per heavy atom. The molecule has 27 heavy (non-hydrogen) atoms. The molecule has 2 aromatic rings. The first-order valence-electron chi connectivity index (χ1n) is 8.34. The molecular formula is C19H20N2O5S. The minimum absolute atomic E-state index is 0.0799. The lowest BCUT2D eigenvalue weighted by atomic mass is 10.1. The Hall–Kier alpha value is -2.87. The van der Waals surface area contributed by atoms with Crippen LogP contribution in [0.15, 0.2) is 53.4 Å². The number of carbonyl (C=O) groups excluding carboxylic acids is 2. The van der Waals surface area contributed by atoms with Crippen LogP contribution in [0.5, 0.6) is 0 Å². The number of carbonyl (C=O) groups is 2. The zero-order valence-corrected chi connectivity index (χ0v) is 15.7. The summed E-state index contributed by atoms with van der Waals surface area (Å²) in [7, 11) is 0. The molecule has 0 fully saturated rings. The molecule has 0 radical (unpaired) electrons. The quantitative estimate of drug-likeness (QED) is 0.233. The minimum atomic E-state index is -0.758. The second kappa shape index (κ2) is 10.3. The molecule has 2 rings (SSSR count). The number of nitro groups is 1. The van der Waals surface area contributed by atoms with Crippen LogP contribution < -0.4 is 5.32 Å². The number of hydrogen-bond donors (Lipinski definition) is 1. The summed E-state index contributed by atoms with van der Waals surface area (Å²) in [6, 6.07) is 14.1. The van der Waals surface area contributed by atoms with Crippen molar-refractivity contribution in [3.8, 4) is 0 Å². The lowest BCUT2D eigenvalue weighted by Crippen LogP contribution is -2.30. The van der Waals surface area contributed by atoms with Crippen LogP contribution in [-0.4, -0.2) is 35.7 Å². The average Bonchev–Trinajstić information content (AvgIpc) is 2.66. The highest BCUT2D eigenvalue weighted by molar-refractivity contribution is 7.99. The molecular weight excluding hydrogens is 368 g/mol. The van der Waals surface area contributed by atoms with Crippen molar-refractivity contribution in [2.75, 3.05) is 18.9 Å². The van der Waals surface area contributed by atoms with Gasteiger partial charge in [-0.3, -0.25) is 14.9 Å². The lowest BCUT2D eigenvalue weighted by Gasteiger charge is -2.08. The van der Waals surface area contributed by atoms with Gasteiger partial charge in [0.05, 0.1) is 10.5 Å². The van der Waals surface area contributed by atoms with Gasteiger partial charge in [0.15, 0.2) is 6.61 Å². The van der Waals surface area contributed by atoms with E-state index in [1.54, 1.807) is 11.8 Å². The van der Waals surface area contributed by atoms with Crippen molar-refractivity contribution in [3.05, 3.63) is 69.8 Å². The van der Waals surface area contributed by atoms with Gasteiger partial charge in [-0.05, 0) is 37.3 Å². The predicted octanol–water partition coefficient (Wildman–Crippen LogP) is 3.36. The van der Waals surface area contributed by atoms with Gasteiger partial charge in [-0.1, -0.05) is 24.3 Å². The van der Waals surface area contributed by atoms with Crippen LogP contribution in [0.25, 0.3) is 0 Å². The summed E-state index contributed by atoms with van der Waals surface area (Å²) >= 11 is 1.70. The van der Waals surface area contributed by atoms with Gasteiger partial charge in [0.25, 0.3) is 11.6 Å². The van der Waals surface area contributed by atoms with Gasteiger partial charge in [0.1, 0.15) is 0 Å². The molecule has 0 bridgehead atoms. The molecule has 0 aliphatic heterocycles. The maximum absolute atomic E-state index is 12.0. The highest BCUT2D eigenvalue weighted by Gasteiger charge is 2.19. The van der Waals surface area contributed by atoms with Crippen molar-refractivity contribution in [3.63, 3.8) is 0 Å². The second-order valence-corrected chi connectivity index (χ2v) is 6.82. The first-order chi connectivity index (χ1) is 13.0. The standard InChI is InChI=1S/C19H20N2O5S/c1-14-16(9-5-10-17(14)21(24)25)19(23)26-13-18(22)20-11-6-12-27-15-7-3-2-4-8-15/h2-5,7-10H,6,11-13H2,1H3,(H,20,22). The summed E-state index contributed by atoms with van der Waals surface area (Å²) < 4.78 is 4.95. The Bertz CT molecular complexity index is 811. The van der Waals surface area contributed by atoms with Gasteiger partial charge in [-0.2, -0.15) is 0 Å². The molecule has 0 unspecified atom stereocenters. The van der Waals surface area contributed by atoms with Crippen LogP contribution in [0.4, 0.5) is 5.69 Å². The number of nitrogens with one attached hydrogen (secondary N) is 1. The Morgan fingerprint density at radius 1 is 1.15 bits per heavy atom. The predicted molar refractivity (Wildman–Crippen MR) is 103 cm³/mol. The number of benzene rings is 2. The fourth-order valence-corrected chi connectivity index (χ4v) is 3.18. The Balaban J connectivity index is 1.70. The van der Waals surface area contributed by atoms with Gasteiger partial charge < -0.3 is 10.1 Å². The summed E-state index contributed by atoms with van der Waals surface area (Å²) in [5, 5.41) is 13.6. The van der Waals surface area contributed by atoms with E-state index in [9.17, 15) is 19.7 Å². The van der Waals surface area contributed by atoms with Gasteiger partial charge in [0.2, 0.25) is 0 Å². The summed E-state index contributed by atoms with van der Waals surface area (Å²) in [6.45, 7) is 1.53. The maximum atomic E-state index is 12.0. The van der Waals surface area contributed by atoms with E-state index >= 15 is 0 Å². The highest BCUT2D eigenvalue weighted by Crippen LogP contribution is 2.21. The average molecular weight is 388 g/mol. The fourth-order valence-electron chi connectivity index (χ4n) is 2.31. The van der Waals surface area contributed by atoms with E-state index in [0.29, 0.717) is 6.54 Å². The molecule has 8 heteroatoms. The van der Waals surface area contributed by atoms with Crippen LogP contribution >= 0.6 is 11.8 Å². The monoisotopic (exact) mass is 388 g/mol. The maximum Gasteiger partial charge on any atom is 0.339 e. The summed E-state index contributed by atoms with van der Waals surface area (Å²) in [6.07, 6.45) is 0.781. The highest BCUT2D eigenvalue weighted by atomic mass is 32.2. The molecule has 1 N–H and O–H groups in total. The minimum Gasteiger partial charge on any atom is -0.452 e. The SMILES string of the molecule is Cc1c(C(=O)OCC(=O)NCCCSc2ccccc2)cccc1[N+](=O)[O-]. The van der Waals surface area contributed by atoms with E-state index < -0.39 is 23.4 Å². The number of esters is 1. The van der Waals surface area contributed by atoms with E-state index in [1.807, 2.05) is 30.3 Å². The van der Waals surface area contributed by atoms with Crippen molar-refractivity contribution in [1.29, 1.82) is 0 Å². The van der Waals surface area contributed by atoms with Crippen molar-refractivity contribution in [2.45, 2.75) is 18.2 Å². The van der Waals surface area contributed by atoms with Crippen molar-refractivity contribution in [1.82, 2.24) is 5.32 Å². The third-order valence-corrected chi connectivity index (χ3v) is 4.81. The number of rotatable bonds is 9. The van der Waals surface area contributed by atoms with Crippen molar-refractivity contribution in [2.24, 2.45) is 0 Å². The largest absolute Gasteiger partial charge is 0.452 e. The number of thioether (sulfide) groups is 1. The molecule has 0 aliphatic rings. The van der Waals surface area contributed by atoms with Crippen LogP contribution in [0.3, 0.4) is 0 Å². The van der Waals surface area contributed by atoms with Crippen LogP contribution in [0, 0.1) is 17.0 Å². The molecule has 142 valence electrons. The zero-order valence-electron chi connectivity index (χ0n) is 14.8. The Kier molecular flexibility index (Phi) is 7.81. The lowest BCUT2D eigenvalue weighted by molar-refractivity contribution is -0.385. The molecule has 0 aromatic heterocycles. The van der Waals surface area contributed by atoms with E-state index in [0.717, 1.165) is 12.2 Å². The van der Waals surface area contributed by atoms with Crippen molar-refractivity contribution >= 4 is 29.3 Å². The molecule has 0 aliphatic carbocycles. The molecule has 1 amide bonds. The number of amides is 1. The second-order valence-electron chi connectivity index (χ2n) is 5.65. The topological polar surface area (TPSA) is 98.5 Å². The van der Waals surface area contributed by atoms with E-state index in [-0.39, 0.29) is 16.8 Å². The fraction of sp³-hybridized carbons (Fsp3) is 0.263. The number of nitrogens with zero attached hydrogens (tertiary/aromatic N) is 1. The summed E-state index contributed by atoms with van der Waals surface area (Å²) in [4.78, 5) is 35.3. The van der Waals surface area contributed by atoms with Gasteiger partial charge in [-0.25, -0.2) is 4.79 Å². The smallest absolute Gasteiger partial charge is 0.339 e. The Morgan fingerprint density at radius 2 is 1.89 bits per heavy atom. The van der Waals surface area contributed by atoms with Crippen LogP contribution in [0.1, 0.15) is 22.3 Å². The van der Waals surface area contributed by atoms with E-state index in [4.69, 9.17) is 4.74 Å². The number of hydrogen-bond acceptors (Lipinski definition) is 6. The zero-order chi connectivity index (χ0) is 19.6. The molecule has 0 heterocycles. The molecule has 7 nitrogen and oxygen atoms in total. The first kappa shape index (κ1) is 20.4. The van der Waals surface area contributed by atoms with Crippen molar-refractivity contribution < 1.29 is 19.2 Å². The first-order valence-corrected chi connectivity index (χ1v) is 9.33. The van der Waals surface area contributed by atoms with Gasteiger partial charge in [0, 0.05) is 23.1 Å². The van der Waals surface area contributed by atoms with E-state index in [1.165, 1.54) is 30.0 Å². The third-order valence-electron chi connectivity index (χ3n) is 3.71. The van der Waals surface area contributed by atoms with Crippen LogP contribution in [-0.2, 0) is 9.53 Å². The Labute approximate surface area is 161 Å².